The summed E-state index contributed by atoms with van der Waals surface area (Å²) in [6, 6.07) is 10.1. The molecule has 0 aliphatic heterocycles. The van der Waals surface area contributed by atoms with Crippen LogP contribution in [0.2, 0.25) is 0 Å². The van der Waals surface area contributed by atoms with Gasteiger partial charge in [0.25, 0.3) is 5.91 Å². The monoisotopic (exact) mass is 339 g/mol. The Labute approximate surface area is 133 Å². The van der Waals surface area contributed by atoms with Gasteiger partial charge in [-0.2, -0.15) is 24.5 Å². The van der Waals surface area contributed by atoms with Gasteiger partial charge in [-0.05, 0) is 34.5 Å². The lowest BCUT2D eigenvalue weighted by Gasteiger charge is -2.22. The van der Waals surface area contributed by atoms with Crippen molar-refractivity contribution < 1.29 is 22.4 Å². The number of benzene rings is 1. The maximum absolute atomic E-state index is 12.8. The number of rotatable bonds is 4. The van der Waals surface area contributed by atoms with Crippen LogP contribution in [0, 0.1) is 0 Å². The molecule has 0 unspecified atom stereocenters. The van der Waals surface area contributed by atoms with E-state index in [4.69, 9.17) is 4.42 Å². The van der Waals surface area contributed by atoms with Gasteiger partial charge in [0.2, 0.25) is 0 Å². The molecule has 3 aromatic rings. The molecule has 120 valence electrons. The number of amides is 1. The fourth-order valence-corrected chi connectivity index (χ4v) is 2.92. The highest BCUT2D eigenvalue weighted by molar-refractivity contribution is 7.07. The number of thiophene rings is 1. The molecule has 3 nitrogen and oxygen atoms in total. The van der Waals surface area contributed by atoms with E-state index in [2.05, 4.69) is 0 Å². The average Bonchev–Trinajstić information content (AvgIpc) is 3.13. The van der Waals surface area contributed by atoms with Crippen LogP contribution < -0.4 is 0 Å². The minimum atomic E-state index is -4.47. The minimum Gasteiger partial charge on any atom is -0.451 e. The van der Waals surface area contributed by atoms with Crippen LogP contribution in [-0.4, -0.2) is 23.5 Å². The van der Waals surface area contributed by atoms with E-state index in [1.807, 2.05) is 0 Å². The number of hydrogen-bond acceptors (Lipinski definition) is 3. The third kappa shape index (κ3) is 3.73. The van der Waals surface area contributed by atoms with Gasteiger partial charge in [0.05, 0.1) is 0 Å². The van der Waals surface area contributed by atoms with E-state index in [0.717, 1.165) is 4.90 Å². The van der Waals surface area contributed by atoms with Crippen molar-refractivity contribution in [1.29, 1.82) is 0 Å². The zero-order valence-electron chi connectivity index (χ0n) is 11.8. The third-order valence-corrected chi connectivity index (χ3v) is 3.98. The van der Waals surface area contributed by atoms with Gasteiger partial charge >= 0.3 is 6.18 Å². The second kappa shape index (κ2) is 6.08. The molecule has 1 aromatic carbocycles. The molecule has 23 heavy (non-hydrogen) atoms. The quantitative estimate of drug-likeness (QED) is 0.690. The summed E-state index contributed by atoms with van der Waals surface area (Å²) in [5, 5.41) is 4.15. The Balaban J connectivity index is 1.89. The molecule has 0 bridgehead atoms. The summed E-state index contributed by atoms with van der Waals surface area (Å²) in [5.41, 5.74) is 1.13. The number of fused-ring (bicyclic) bond motifs is 1. The van der Waals surface area contributed by atoms with Crippen LogP contribution in [0.5, 0.6) is 0 Å². The molecule has 2 heterocycles. The van der Waals surface area contributed by atoms with Gasteiger partial charge in [-0.3, -0.25) is 4.79 Å². The molecule has 0 aliphatic carbocycles. The first-order valence-electron chi connectivity index (χ1n) is 6.78. The molecular formula is C16H12F3NO2S. The fraction of sp³-hybridized carbons (Fsp3) is 0.188. The topological polar surface area (TPSA) is 33.5 Å². The Hall–Kier alpha value is -2.28. The van der Waals surface area contributed by atoms with Crippen molar-refractivity contribution in [3.63, 3.8) is 0 Å². The predicted molar refractivity (Wildman–Crippen MR) is 81.3 cm³/mol. The van der Waals surface area contributed by atoms with E-state index in [1.165, 1.54) is 17.4 Å². The van der Waals surface area contributed by atoms with Crippen LogP contribution in [0.25, 0.3) is 11.0 Å². The summed E-state index contributed by atoms with van der Waals surface area (Å²) in [7, 11) is 0. The lowest BCUT2D eigenvalue weighted by Crippen LogP contribution is -2.38. The van der Waals surface area contributed by atoms with Gasteiger partial charge in [0, 0.05) is 11.9 Å². The summed E-state index contributed by atoms with van der Waals surface area (Å²) in [6.07, 6.45) is -4.47. The molecular weight excluding hydrogens is 327 g/mol. The van der Waals surface area contributed by atoms with Crippen molar-refractivity contribution in [3.8, 4) is 0 Å². The minimum absolute atomic E-state index is 0.0920. The number of hydrogen-bond donors (Lipinski definition) is 0. The van der Waals surface area contributed by atoms with Crippen molar-refractivity contribution in [2.45, 2.75) is 12.7 Å². The molecule has 0 atom stereocenters. The Morgan fingerprint density at radius 1 is 1.22 bits per heavy atom. The number of alkyl halides is 3. The standard InChI is InChI=1S/C16H12F3NO2S/c17-16(18,19)10-20(8-11-5-6-23-9-11)15(21)14-7-12-3-1-2-4-13(12)22-14/h1-7,9H,8,10H2. The highest BCUT2D eigenvalue weighted by Crippen LogP contribution is 2.24. The average molecular weight is 339 g/mol. The zero-order chi connectivity index (χ0) is 16.4. The summed E-state index contributed by atoms with van der Waals surface area (Å²) >= 11 is 1.37. The lowest BCUT2D eigenvalue weighted by molar-refractivity contribution is -0.141. The Kier molecular flexibility index (Phi) is 4.12. The lowest BCUT2D eigenvalue weighted by atomic mass is 10.2. The zero-order valence-corrected chi connectivity index (χ0v) is 12.7. The fourth-order valence-electron chi connectivity index (χ4n) is 2.26. The second-order valence-corrected chi connectivity index (χ2v) is 5.84. The van der Waals surface area contributed by atoms with Crippen LogP contribution in [0.15, 0.2) is 51.6 Å². The van der Waals surface area contributed by atoms with Gasteiger partial charge in [-0.25, -0.2) is 0 Å². The molecule has 3 rings (SSSR count). The largest absolute Gasteiger partial charge is 0.451 e. The van der Waals surface area contributed by atoms with Crippen molar-refractivity contribution >= 4 is 28.2 Å². The molecule has 0 saturated carbocycles. The SMILES string of the molecule is O=C(c1cc2ccccc2o1)N(Cc1ccsc1)CC(F)(F)F. The summed E-state index contributed by atoms with van der Waals surface area (Å²) < 4.78 is 43.8. The van der Waals surface area contributed by atoms with Crippen molar-refractivity contribution in [2.24, 2.45) is 0 Å². The van der Waals surface area contributed by atoms with Crippen molar-refractivity contribution in [2.75, 3.05) is 6.54 Å². The van der Waals surface area contributed by atoms with Crippen LogP contribution in [0.1, 0.15) is 16.1 Å². The number of para-hydroxylation sites is 1. The number of nitrogens with zero attached hydrogens (tertiary/aromatic N) is 1. The van der Waals surface area contributed by atoms with Crippen LogP contribution in [-0.2, 0) is 6.54 Å². The molecule has 0 saturated heterocycles. The normalized spacial score (nSPS) is 11.8. The van der Waals surface area contributed by atoms with E-state index < -0.39 is 18.6 Å². The van der Waals surface area contributed by atoms with Gasteiger partial charge in [-0.15, -0.1) is 0 Å². The van der Waals surface area contributed by atoms with Crippen LogP contribution >= 0.6 is 11.3 Å². The smallest absolute Gasteiger partial charge is 0.406 e. The van der Waals surface area contributed by atoms with Gasteiger partial charge in [0.15, 0.2) is 5.76 Å². The predicted octanol–water partition coefficient (Wildman–Crippen LogP) is 4.70. The molecule has 2 aromatic heterocycles. The number of furan rings is 1. The number of carbonyl (C=O) groups excluding carboxylic acids is 1. The first kappa shape index (κ1) is 15.6. The van der Waals surface area contributed by atoms with Gasteiger partial charge in [0.1, 0.15) is 12.1 Å². The first-order valence-corrected chi connectivity index (χ1v) is 7.72. The Bertz CT molecular complexity index is 775. The maximum Gasteiger partial charge on any atom is 0.406 e. The summed E-state index contributed by atoms with van der Waals surface area (Å²) in [4.78, 5) is 13.2. The maximum atomic E-state index is 12.8. The number of carbonyl (C=O) groups is 1. The van der Waals surface area contributed by atoms with Gasteiger partial charge < -0.3 is 9.32 Å². The number of halogens is 3. The molecule has 1 amide bonds. The molecule has 0 N–H and O–H groups in total. The Morgan fingerprint density at radius 3 is 2.65 bits per heavy atom. The van der Waals surface area contributed by atoms with E-state index >= 15 is 0 Å². The third-order valence-electron chi connectivity index (χ3n) is 3.25. The summed E-state index contributed by atoms with van der Waals surface area (Å²) in [6.45, 7) is -1.43. The van der Waals surface area contributed by atoms with Crippen LogP contribution in [0.4, 0.5) is 13.2 Å². The van der Waals surface area contributed by atoms with Crippen molar-refractivity contribution in [3.05, 3.63) is 58.5 Å². The molecule has 0 spiro atoms. The molecule has 0 radical (unpaired) electrons. The highest BCUT2D eigenvalue weighted by atomic mass is 32.1. The highest BCUT2D eigenvalue weighted by Gasteiger charge is 2.34. The van der Waals surface area contributed by atoms with Crippen molar-refractivity contribution in [1.82, 2.24) is 4.90 Å². The second-order valence-electron chi connectivity index (χ2n) is 5.06. The Morgan fingerprint density at radius 2 is 2.00 bits per heavy atom. The molecule has 0 aliphatic rings. The van der Waals surface area contributed by atoms with E-state index in [-0.39, 0.29) is 12.3 Å². The van der Waals surface area contributed by atoms with E-state index in [9.17, 15) is 18.0 Å². The molecule has 0 fully saturated rings. The van der Waals surface area contributed by atoms with E-state index in [0.29, 0.717) is 16.5 Å². The van der Waals surface area contributed by atoms with Gasteiger partial charge in [-0.1, -0.05) is 18.2 Å². The van der Waals surface area contributed by atoms with E-state index in [1.54, 1.807) is 41.1 Å². The summed E-state index contributed by atoms with van der Waals surface area (Å²) in [5.74, 6) is -0.865. The van der Waals surface area contributed by atoms with Crippen LogP contribution in [0.3, 0.4) is 0 Å². The molecule has 7 heteroatoms. The first-order chi connectivity index (χ1) is 10.9.